The lowest BCUT2D eigenvalue weighted by molar-refractivity contribution is 0.0764. The Balaban J connectivity index is 1.73. The van der Waals surface area contributed by atoms with E-state index in [1.165, 1.54) is 21.4 Å². The number of nitrogens with zero attached hydrogens (tertiary/aromatic N) is 4. The van der Waals surface area contributed by atoms with Gasteiger partial charge >= 0.3 is 0 Å². The van der Waals surface area contributed by atoms with Crippen molar-refractivity contribution < 1.29 is 13.2 Å². The Hall–Kier alpha value is -1.90. The van der Waals surface area contributed by atoms with Gasteiger partial charge in [0.25, 0.3) is 5.91 Å². The Kier molecular flexibility index (Phi) is 5.12. The molecule has 2 aromatic rings. The molecule has 1 fully saturated rings. The molecule has 134 valence electrons. The Labute approximate surface area is 151 Å². The van der Waals surface area contributed by atoms with Crippen LogP contribution in [-0.4, -0.2) is 59.5 Å². The second-order valence-electron chi connectivity index (χ2n) is 5.91. The molecule has 0 radical (unpaired) electrons. The number of halogens is 1. The fourth-order valence-electron chi connectivity index (χ4n) is 2.82. The largest absolute Gasteiger partial charge is 0.337 e. The monoisotopic (exact) mass is 382 g/mol. The van der Waals surface area contributed by atoms with Crippen LogP contribution in [0.15, 0.2) is 41.6 Å². The first-order valence-corrected chi connectivity index (χ1v) is 9.73. The van der Waals surface area contributed by atoms with Gasteiger partial charge < -0.3 is 4.90 Å². The molecule has 0 N–H and O–H groups in total. The molecule has 1 aromatic carbocycles. The summed E-state index contributed by atoms with van der Waals surface area (Å²) >= 11 is 5.95. The van der Waals surface area contributed by atoms with Gasteiger partial charge in [0.2, 0.25) is 10.0 Å². The van der Waals surface area contributed by atoms with Gasteiger partial charge in [-0.1, -0.05) is 17.7 Å². The van der Waals surface area contributed by atoms with Gasteiger partial charge in [-0.05, 0) is 24.6 Å². The van der Waals surface area contributed by atoms with Crippen molar-refractivity contribution in [2.45, 2.75) is 11.3 Å². The van der Waals surface area contributed by atoms with Crippen LogP contribution in [-0.2, 0) is 17.1 Å². The first-order valence-electron chi connectivity index (χ1n) is 7.91. The predicted octanol–water partition coefficient (Wildman–Crippen LogP) is 1.61. The van der Waals surface area contributed by atoms with E-state index in [1.54, 1.807) is 36.2 Å². The van der Waals surface area contributed by atoms with Crippen molar-refractivity contribution in [1.82, 2.24) is 19.0 Å². The van der Waals surface area contributed by atoms with E-state index in [0.717, 1.165) is 0 Å². The quantitative estimate of drug-likeness (QED) is 0.808. The maximum atomic E-state index is 12.7. The minimum Gasteiger partial charge on any atom is -0.337 e. The summed E-state index contributed by atoms with van der Waals surface area (Å²) in [5.74, 6) is -0.136. The molecule has 1 aromatic heterocycles. The summed E-state index contributed by atoms with van der Waals surface area (Å²) in [5, 5.41) is 4.43. The lowest BCUT2D eigenvalue weighted by Crippen LogP contribution is -2.37. The molecular weight excluding hydrogens is 364 g/mol. The summed E-state index contributed by atoms with van der Waals surface area (Å²) < 4.78 is 28.3. The standard InChI is InChI=1S/C16H19ClN4O3S/c1-19-12-15(11-18-19)25(23,24)21-7-3-6-20(8-9-21)16(22)13-4-2-5-14(17)10-13/h2,4-5,10-12H,3,6-9H2,1H3. The first-order chi connectivity index (χ1) is 11.9. The average molecular weight is 383 g/mol. The Bertz CT molecular complexity index is 881. The van der Waals surface area contributed by atoms with Crippen molar-refractivity contribution in [1.29, 1.82) is 0 Å². The highest BCUT2D eigenvalue weighted by Gasteiger charge is 2.29. The molecule has 1 aliphatic rings. The molecule has 0 bridgehead atoms. The molecule has 25 heavy (non-hydrogen) atoms. The van der Waals surface area contributed by atoms with Gasteiger partial charge in [-0.25, -0.2) is 8.42 Å². The summed E-state index contributed by atoms with van der Waals surface area (Å²) in [6.45, 7) is 1.47. The average Bonchev–Trinajstić information content (AvgIpc) is 2.87. The van der Waals surface area contributed by atoms with Crippen molar-refractivity contribution in [3.8, 4) is 0 Å². The van der Waals surface area contributed by atoms with Gasteiger partial charge in [0.15, 0.2) is 0 Å². The first kappa shape index (κ1) is 17.9. The van der Waals surface area contributed by atoms with E-state index in [9.17, 15) is 13.2 Å². The maximum absolute atomic E-state index is 12.7. The highest BCUT2D eigenvalue weighted by molar-refractivity contribution is 7.89. The molecule has 1 saturated heterocycles. The normalized spacial score (nSPS) is 16.6. The van der Waals surface area contributed by atoms with E-state index < -0.39 is 10.0 Å². The van der Waals surface area contributed by atoms with Gasteiger partial charge in [0, 0.05) is 50.0 Å². The fraction of sp³-hybridized carbons (Fsp3) is 0.375. The van der Waals surface area contributed by atoms with Crippen molar-refractivity contribution >= 4 is 27.5 Å². The van der Waals surface area contributed by atoms with Gasteiger partial charge in [-0.2, -0.15) is 9.40 Å². The van der Waals surface area contributed by atoms with Gasteiger partial charge in [0.05, 0.1) is 6.20 Å². The predicted molar refractivity (Wildman–Crippen MR) is 93.9 cm³/mol. The molecule has 3 rings (SSSR count). The topological polar surface area (TPSA) is 75.5 Å². The maximum Gasteiger partial charge on any atom is 0.253 e. The zero-order valence-corrected chi connectivity index (χ0v) is 15.4. The van der Waals surface area contributed by atoms with Crippen LogP contribution >= 0.6 is 11.6 Å². The van der Waals surface area contributed by atoms with Crippen LogP contribution in [0.5, 0.6) is 0 Å². The highest BCUT2D eigenvalue weighted by atomic mass is 35.5. The van der Waals surface area contributed by atoms with Gasteiger partial charge in [-0.3, -0.25) is 9.48 Å². The number of carbonyl (C=O) groups excluding carboxylic acids is 1. The summed E-state index contributed by atoms with van der Waals surface area (Å²) in [5.41, 5.74) is 0.510. The van der Waals surface area contributed by atoms with E-state index in [1.807, 2.05) is 0 Å². The molecule has 1 amide bonds. The number of aromatic nitrogens is 2. The zero-order chi connectivity index (χ0) is 18.0. The fourth-order valence-corrected chi connectivity index (χ4v) is 4.47. The van der Waals surface area contributed by atoms with Gasteiger partial charge in [0.1, 0.15) is 4.90 Å². The van der Waals surface area contributed by atoms with Crippen LogP contribution in [0.2, 0.25) is 5.02 Å². The third kappa shape index (κ3) is 3.86. The number of hydrogen-bond donors (Lipinski definition) is 0. The zero-order valence-electron chi connectivity index (χ0n) is 13.8. The molecule has 7 nitrogen and oxygen atoms in total. The second-order valence-corrected chi connectivity index (χ2v) is 8.28. The van der Waals surface area contributed by atoms with Crippen molar-refractivity contribution in [2.24, 2.45) is 7.05 Å². The molecular formula is C16H19ClN4O3S. The minimum absolute atomic E-state index is 0.136. The van der Waals surface area contributed by atoms with Crippen LogP contribution in [0.25, 0.3) is 0 Å². The van der Waals surface area contributed by atoms with E-state index >= 15 is 0 Å². The van der Waals surface area contributed by atoms with Crippen LogP contribution in [0.4, 0.5) is 0 Å². The second kappa shape index (κ2) is 7.15. The summed E-state index contributed by atoms with van der Waals surface area (Å²) in [6.07, 6.45) is 3.40. The number of amides is 1. The highest BCUT2D eigenvalue weighted by Crippen LogP contribution is 2.18. The molecule has 0 atom stereocenters. The minimum atomic E-state index is -3.59. The van der Waals surface area contributed by atoms with E-state index in [4.69, 9.17) is 11.6 Å². The molecule has 1 aliphatic heterocycles. The van der Waals surface area contributed by atoms with Gasteiger partial charge in [-0.15, -0.1) is 0 Å². The number of rotatable bonds is 3. The summed E-state index contributed by atoms with van der Waals surface area (Å²) in [4.78, 5) is 14.5. The van der Waals surface area contributed by atoms with E-state index in [2.05, 4.69) is 5.10 Å². The number of hydrogen-bond acceptors (Lipinski definition) is 4. The SMILES string of the molecule is Cn1cc(S(=O)(=O)N2CCCN(C(=O)c3cccc(Cl)c3)CC2)cn1. The van der Waals surface area contributed by atoms with Crippen LogP contribution in [0, 0.1) is 0 Å². The summed E-state index contributed by atoms with van der Waals surface area (Å²) in [7, 11) is -1.92. The summed E-state index contributed by atoms with van der Waals surface area (Å²) in [6, 6.07) is 6.78. The molecule has 0 unspecified atom stereocenters. The van der Waals surface area contributed by atoms with Crippen LogP contribution in [0.3, 0.4) is 0 Å². The molecule has 0 saturated carbocycles. The van der Waals surface area contributed by atoms with Crippen molar-refractivity contribution in [3.05, 3.63) is 47.2 Å². The lowest BCUT2D eigenvalue weighted by atomic mass is 10.2. The lowest BCUT2D eigenvalue weighted by Gasteiger charge is -2.21. The third-order valence-corrected chi connectivity index (χ3v) is 6.22. The molecule has 9 heteroatoms. The Morgan fingerprint density at radius 1 is 1.20 bits per heavy atom. The molecule has 0 aliphatic carbocycles. The number of benzene rings is 1. The number of carbonyl (C=O) groups is 1. The smallest absolute Gasteiger partial charge is 0.253 e. The van der Waals surface area contributed by atoms with Crippen molar-refractivity contribution in [3.63, 3.8) is 0 Å². The van der Waals surface area contributed by atoms with Crippen molar-refractivity contribution in [2.75, 3.05) is 26.2 Å². The number of sulfonamides is 1. The Morgan fingerprint density at radius 3 is 2.68 bits per heavy atom. The third-order valence-electron chi connectivity index (χ3n) is 4.13. The van der Waals surface area contributed by atoms with Crippen LogP contribution in [0.1, 0.15) is 16.8 Å². The number of aryl methyl sites for hydroxylation is 1. The molecule has 2 heterocycles. The van der Waals surface area contributed by atoms with E-state index in [0.29, 0.717) is 36.6 Å². The molecule has 0 spiro atoms. The Morgan fingerprint density at radius 2 is 2.00 bits per heavy atom. The van der Waals surface area contributed by atoms with E-state index in [-0.39, 0.29) is 17.3 Å². The van der Waals surface area contributed by atoms with Crippen LogP contribution < -0.4 is 0 Å².